The lowest BCUT2D eigenvalue weighted by Crippen LogP contribution is -1.91. The van der Waals surface area contributed by atoms with Crippen LogP contribution in [0.15, 0.2) is 11.7 Å². The Kier molecular flexibility index (Phi) is 1.75. The van der Waals surface area contributed by atoms with Crippen LogP contribution in [0.2, 0.25) is 0 Å². The molecule has 0 saturated carbocycles. The highest BCUT2D eigenvalue weighted by molar-refractivity contribution is 7.13. The lowest BCUT2D eigenvalue weighted by Gasteiger charge is -1.88. The van der Waals surface area contributed by atoms with Crippen LogP contribution in [0.1, 0.15) is 11.5 Å². The zero-order valence-electron chi connectivity index (χ0n) is 6.19. The smallest absolute Gasteiger partial charge is 0.180 e. The molecule has 2 rings (SSSR count). The summed E-state index contributed by atoms with van der Waals surface area (Å²) in [6.07, 6.45) is 2.14. The number of nitrogen functional groups attached to an aromatic ring is 1. The second kappa shape index (κ2) is 2.90. The third-order valence-electron chi connectivity index (χ3n) is 1.38. The Morgan fingerprint density at radius 1 is 1.58 bits per heavy atom. The van der Waals surface area contributed by atoms with Gasteiger partial charge in [-0.15, -0.1) is 11.3 Å². The van der Waals surface area contributed by atoms with Crippen LogP contribution in [0, 0.1) is 0 Å². The quantitative estimate of drug-likeness (QED) is 0.704. The second-order valence-corrected chi connectivity index (χ2v) is 3.18. The molecular weight excluding hydrogens is 174 g/mol. The highest BCUT2D eigenvalue weighted by Gasteiger charge is 2.01. The van der Waals surface area contributed by atoms with E-state index in [-0.39, 0.29) is 0 Å². The van der Waals surface area contributed by atoms with Crippen LogP contribution in [0.25, 0.3) is 0 Å². The molecule has 0 aliphatic rings. The van der Waals surface area contributed by atoms with Crippen molar-refractivity contribution in [3.05, 3.63) is 23.2 Å². The molecule has 2 heterocycles. The highest BCUT2D eigenvalue weighted by atomic mass is 32.1. The van der Waals surface area contributed by atoms with Crippen molar-refractivity contribution in [2.45, 2.75) is 6.42 Å². The molecule has 0 aromatic carbocycles. The van der Waals surface area contributed by atoms with E-state index in [0.29, 0.717) is 11.6 Å². The first-order chi connectivity index (χ1) is 5.84. The van der Waals surface area contributed by atoms with Crippen LogP contribution in [-0.4, -0.2) is 20.2 Å². The SMILES string of the molecule is Nc1nc(Cc2ncn[nH]2)cs1. The fourth-order valence-corrected chi connectivity index (χ4v) is 1.45. The van der Waals surface area contributed by atoms with E-state index < -0.39 is 0 Å². The van der Waals surface area contributed by atoms with Crippen molar-refractivity contribution in [2.75, 3.05) is 5.73 Å². The van der Waals surface area contributed by atoms with Crippen molar-refractivity contribution in [1.82, 2.24) is 20.2 Å². The maximum absolute atomic E-state index is 5.47. The van der Waals surface area contributed by atoms with E-state index in [1.54, 1.807) is 0 Å². The Morgan fingerprint density at radius 3 is 3.08 bits per heavy atom. The van der Waals surface area contributed by atoms with E-state index in [4.69, 9.17) is 5.73 Å². The molecule has 0 fully saturated rings. The normalized spacial score (nSPS) is 10.3. The summed E-state index contributed by atoms with van der Waals surface area (Å²) in [5, 5.41) is 8.99. The highest BCUT2D eigenvalue weighted by Crippen LogP contribution is 2.12. The van der Waals surface area contributed by atoms with Crippen LogP contribution in [0.4, 0.5) is 5.13 Å². The van der Waals surface area contributed by atoms with Crippen molar-refractivity contribution in [1.29, 1.82) is 0 Å². The van der Waals surface area contributed by atoms with E-state index in [2.05, 4.69) is 20.2 Å². The lowest BCUT2D eigenvalue weighted by atomic mass is 10.3. The molecule has 0 aliphatic carbocycles. The van der Waals surface area contributed by atoms with Gasteiger partial charge in [-0.3, -0.25) is 5.10 Å². The number of H-pyrrole nitrogens is 1. The fraction of sp³-hybridized carbons (Fsp3) is 0.167. The molecule has 0 amide bonds. The molecular formula is C6H7N5S. The Morgan fingerprint density at radius 2 is 2.50 bits per heavy atom. The maximum Gasteiger partial charge on any atom is 0.180 e. The molecule has 12 heavy (non-hydrogen) atoms. The number of hydrogen-bond donors (Lipinski definition) is 2. The summed E-state index contributed by atoms with van der Waals surface area (Å²) in [6.45, 7) is 0. The molecule has 2 aromatic heterocycles. The van der Waals surface area contributed by atoms with Gasteiger partial charge in [-0.25, -0.2) is 9.97 Å². The molecule has 2 aromatic rings. The largest absolute Gasteiger partial charge is 0.375 e. The topological polar surface area (TPSA) is 80.5 Å². The molecule has 5 nitrogen and oxygen atoms in total. The maximum atomic E-state index is 5.47. The van der Waals surface area contributed by atoms with Crippen molar-refractivity contribution >= 4 is 16.5 Å². The van der Waals surface area contributed by atoms with Crippen LogP contribution in [0.5, 0.6) is 0 Å². The summed E-state index contributed by atoms with van der Waals surface area (Å²) in [7, 11) is 0. The Bertz CT molecular complexity index is 352. The van der Waals surface area contributed by atoms with Crippen LogP contribution < -0.4 is 5.73 Å². The molecule has 0 bridgehead atoms. The second-order valence-electron chi connectivity index (χ2n) is 2.29. The van der Waals surface area contributed by atoms with E-state index in [0.717, 1.165) is 11.5 Å². The summed E-state index contributed by atoms with van der Waals surface area (Å²) in [4.78, 5) is 8.07. The van der Waals surface area contributed by atoms with Gasteiger partial charge in [0.25, 0.3) is 0 Å². The minimum atomic E-state index is 0.588. The molecule has 0 radical (unpaired) electrons. The van der Waals surface area contributed by atoms with E-state index in [9.17, 15) is 0 Å². The number of nitrogens with zero attached hydrogens (tertiary/aromatic N) is 3. The summed E-state index contributed by atoms with van der Waals surface area (Å²) in [5.74, 6) is 0.806. The Labute approximate surface area is 72.7 Å². The number of rotatable bonds is 2. The van der Waals surface area contributed by atoms with E-state index in [1.165, 1.54) is 17.7 Å². The number of anilines is 1. The van der Waals surface area contributed by atoms with Crippen LogP contribution >= 0.6 is 11.3 Å². The van der Waals surface area contributed by atoms with E-state index in [1.807, 2.05) is 5.38 Å². The van der Waals surface area contributed by atoms with Crippen LogP contribution in [0.3, 0.4) is 0 Å². The first-order valence-electron chi connectivity index (χ1n) is 3.39. The number of nitrogens with two attached hydrogens (primary N) is 1. The van der Waals surface area contributed by atoms with Gasteiger partial charge in [0.1, 0.15) is 12.2 Å². The van der Waals surface area contributed by atoms with Gasteiger partial charge >= 0.3 is 0 Å². The molecule has 3 N–H and O–H groups in total. The number of aromatic amines is 1. The lowest BCUT2D eigenvalue weighted by molar-refractivity contribution is 0.952. The summed E-state index contributed by atoms with van der Waals surface area (Å²) in [5.41, 5.74) is 6.39. The third kappa shape index (κ3) is 1.42. The third-order valence-corrected chi connectivity index (χ3v) is 2.11. The van der Waals surface area contributed by atoms with Gasteiger partial charge in [0.2, 0.25) is 0 Å². The predicted molar refractivity (Wildman–Crippen MR) is 45.7 cm³/mol. The van der Waals surface area contributed by atoms with Gasteiger partial charge < -0.3 is 5.73 Å². The Hall–Kier alpha value is -1.43. The van der Waals surface area contributed by atoms with Gasteiger partial charge in [0.05, 0.1) is 12.1 Å². The standard InChI is InChI=1S/C6H7N5S/c7-6-10-4(2-12-6)1-5-8-3-9-11-5/h2-3H,1H2,(H2,7,10)(H,8,9,11). The monoisotopic (exact) mass is 181 g/mol. The number of hydrogen-bond acceptors (Lipinski definition) is 5. The fourth-order valence-electron chi connectivity index (χ4n) is 0.891. The zero-order chi connectivity index (χ0) is 8.39. The van der Waals surface area contributed by atoms with Gasteiger partial charge in [-0.1, -0.05) is 0 Å². The summed E-state index contributed by atoms with van der Waals surface area (Å²) in [6, 6.07) is 0. The average molecular weight is 181 g/mol. The van der Waals surface area contributed by atoms with Gasteiger partial charge in [-0.2, -0.15) is 5.10 Å². The van der Waals surface area contributed by atoms with E-state index >= 15 is 0 Å². The molecule has 0 saturated heterocycles. The predicted octanol–water partition coefficient (Wildman–Crippen LogP) is 0.434. The van der Waals surface area contributed by atoms with Crippen LogP contribution in [-0.2, 0) is 6.42 Å². The van der Waals surface area contributed by atoms with Gasteiger partial charge in [0, 0.05) is 5.38 Å². The molecule has 0 atom stereocenters. The van der Waals surface area contributed by atoms with Crippen molar-refractivity contribution in [3.8, 4) is 0 Å². The molecule has 0 spiro atoms. The van der Waals surface area contributed by atoms with Gasteiger partial charge in [-0.05, 0) is 0 Å². The zero-order valence-corrected chi connectivity index (χ0v) is 7.01. The number of aromatic nitrogens is 4. The number of thiazole rings is 1. The molecule has 0 unspecified atom stereocenters. The van der Waals surface area contributed by atoms with Crippen molar-refractivity contribution in [3.63, 3.8) is 0 Å². The average Bonchev–Trinajstić information content (AvgIpc) is 2.63. The van der Waals surface area contributed by atoms with Gasteiger partial charge in [0.15, 0.2) is 5.13 Å². The van der Waals surface area contributed by atoms with Crippen molar-refractivity contribution in [2.24, 2.45) is 0 Å². The van der Waals surface area contributed by atoms with Crippen molar-refractivity contribution < 1.29 is 0 Å². The molecule has 62 valence electrons. The molecule has 0 aliphatic heterocycles. The minimum absolute atomic E-state index is 0.588. The minimum Gasteiger partial charge on any atom is -0.375 e. The first kappa shape index (κ1) is 7.23. The Balaban J connectivity index is 2.14. The molecule has 6 heteroatoms. The summed E-state index contributed by atoms with van der Waals surface area (Å²) < 4.78 is 0. The summed E-state index contributed by atoms with van der Waals surface area (Å²) >= 11 is 1.43. The number of nitrogens with one attached hydrogen (secondary N) is 1. The first-order valence-corrected chi connectivity index (χ1v) is 4.26.